The molecule has 2 aliphatic heterocycles. The fourth-order valence-corrected chi connectivity index (χ4v) is 5.11. The van der Waals surface area contributed by atoms with Crippen molar-refractivity contribution in [2.24, 2.45) is 9.98 Å². The van der Waals surface area contributed by atoms with Gasteiger partial charge in [0, 0.05) is 41.8 Å². The number of alkyl halides is 3. The van der Waals surface area contributed by atoms with Crippen LogP contribution in [0.25, 0.3) is 11.3 Å². The van der Waals surface area contributed by atoms with Gasteiger partial charge < -0.3 is 4.90 Å². The minimum absolute atomic E-state index is 0.0963. The molecule has 1 fully saturated rings. The van der Waals surface area contributed by atoms with E-state index in [-0.39, 0.29) is 12.5 Å². The Bertz CT molecular complexity index is 1360. The molecular formula is C27H23ClF3N5O. The van der Waals surface area contributed by atoms with Crippen molar-refractivity contribution in [3.8, 4) is 11.3 Å². The van der Waals surface area contributed by atoms with Crippen molar-refractivity contribution < 1.29 is 18.0 Å². The van der Waals surface area contributed by atoms with E-state index in [2.05, 4.69) is 15.0 Å². The highest BCUT2D eigenvalue weighted by Crippen LogP contribution is 2.41. The van der Waals surface area contributed by atoms with E-state index in [1.54, 1.807) is 41.6 Å². The van der Waals surface area contributed by atoms with E-state index in [0.717, 1.165) is 23.4 Å². The molecule has 10 heteroatoms. The first kappa shape index (κ1) is 25.1. The van der Waals surface area contributed by atoms with Crippen molar-refractivity contribution in [1.29, 1.82) is 0 Å². The monoisotopic (exact) mass is 525 g/mol. The van der Waals surface area contributed by atoms with E-state index < -0.39 is 23.3 Å². The molecule has 2 unspecified atom stereocenters. The Labute approximate surface area is 217 Å². The first-order valence-corrected chi connectivity index (χ1v) is 12.0. The molecule has 37 heavy (non-hydrogen) atoms. The van der Waals surface area contributed by atoms with Gasteiger partial charge in [-0.15, -0.1) is 0 Å². The summed E-state index contributed by atoms with van der Waals surface area (Å²) in [5.74, 6) is -0.0963. The van der Waals surface area contributed by atoms with Gasteiger partial charge in [-0.25, -0.2) is 4.99 Å². The van der Waals surface area contributed by atoms with Crippen molar-refractivity contribution in [2.75, 3.05) is 24.5 Å². The van der Waals surface area contributed by atoms with Gasteiger partial charge in [0.1, 0.15) is 11.9 Å². The third-order valence-electron chi connectivity index (χ3n) is 6.65. The summed E-state index contributed by atoms with van der Waals surface area (Å²) in [7, 11) is 0. The molecule has 1 amide bonds. The van der Waals surface area contributed by atoms with E-state index in [4.69, 9.17) is 11.6 Å². The maximum absolute atomic E-state index is 13.3. The van der Waals surface area contributed by atoms with Gasteiger partial charge in [-0.1, -0.05) is 35.9 Å². The predicted molar refractivity (Wildman–Crippen MR) is 138 cm³/mol. The maximum atomic E-state index is 13.3. The molecule has 3 aromatic rings. The standard InChI is InChI=1S/C27H23ClF3N5O/c1-26(16-32-17-34-26)25(35-12-13-36(23(37)15-35)21-5-2-4-20(28)14-21)22-6-3-11-33-24(22)18-7-9-19(10-8-18)27(29,30)31/h2-11,14,16-17,25H,12-13,15H2,1H3. The molecule has 0 bridgehead atoms. The van der Waals surface area contributed by atoms with Gasteiger partial charge >= 0.3 is 6.18 Å². The number of anilines is 1. The lowest BCUT2D eigenvalue weighted by atomic mass is 9.84. The van der Waals surface area contributed by atoms with Gasteiger partial charge in [-0.05, 0) is 48.9 Å². The highest BCUT2D eigenvalue weighted by atomic mass is 35.5. The zero-order chi connectivity index (χ0) is 26.2. The lowest BCUT2D eigenvalue weighted by Crippen LogP contribution is -2.55. The fraction of sp³-hybridized carbons (Fsp3) is 0.259. The summed E-state index contributed by atoms with van der Waals surface area (Å²) >= 11 is 6.14. The van der Waals surface area contributed by atoms with Crippen molar-refractivity contribution in [1.82, 2.24) is 9.88 Å². The van der Waals surface area contributed by atoms with Gasteiger partial charge in [-0.2, -0.15) is 13.2 Å². The molecule has 190 valence electrons. The van der Waals surface area contributed by atoms with E-state index in [0.29, 0.717) is 29.4 Å². The lowest BCUT2D eigenvalue weighted by Gasteiger charge is -2.43. The van der Waals surface area contributed by atoms with E-state index in [1.165, 1.54) is 18.5 Å². The van der Waals surface area contributed by atoms with E-state index in [1.807, 2.05) is 24.0 Å². The largest absolute Gasteiger partial charge is 0.416 e. The number of rotatable bonds is 5. The normalized spacial score (nSPS) is 21.0. The Kier molecular flexibility index (Phi) is 6.59. The Hall–Kier alpha value is -3.56. The molecule has 1 aromatic heterocycles. The summed E-state index contributed by atoms with van der Waals surface area (Å²) in [4.78, 5) is 30.4. The van der Waals surface area contributed by atoms with Crippen LogP contribution in [0.1, 0.15) is 24.1 Å². The van der Waals surface area contributed by atoms with Crippen LogP contribution < -0.4 is 4.90 Å². The number of hydrogen-bond donors (Lipinski definition) is 0. The number of halogens is 4. The minimum Gasteiger partial charge on any atom is -0.310 e. The fourth-order valence-electron chi connectivity index (χ4n) is 4.92. The third kappa shape index (κ3) is 5.01. The molecule has 0 N–H and O–H groups in total. The number of carbonyl (C=O) groups is 1. The summed E-state index contributed by atoms with van der Waals surface area (Å²) in [6.07, 6.45) is 0.379. The average molecular weight is 526 g/mol. The molecule has 2 aromatic carbocycles. The van der Waals surface area contributed by atoms with Crippen LogP contribution in [-0.4, -0.2) is 53.5 Å². The SMILES string of the molecule is CC1(C(c2cccnc2-c2ccc(C(F)(F)F)cc2)N2CCN(c3cccc(Cl)c3)C(=O)C2)C=NC=N1. The number of benzene rings is 2. The number of aromatic nitrogens is 1. The molecule has 0 aliphatic carbocycles. The van der Waals surface area contributed by atoms with Crippen LogP contribution in [0, 0.1) is 0 Å². The second-order valence-electron chi connectivity index (χ2n) is 9.16. The second kappa shape index (κ2) is 9.72. The Morgan fingerprint density at radius 2 is 1.84 bits per heavy atom. The van der Waals surface area contributed by atoms with Crippen LogP contribution >= 0.6 is 11.6 Å². The number of carbonyl (C=O) groups excluding carboxylic acids is 1. The Balaban J connectivity index is 1.51. The number of amides is 1. The second-order valence-corrected chi connectivity index (χ2v) is 9.60. The maximum Gasteiger partial charge on any atom is 0.416 e. The zero-order valence-electron chi connectivity index (χ0n) is 19.9. The predicted octanol–water partition coefficient (Wildman–Crippen LogP) is 5.68. The molecule has 0 radical (unpaired) electrons. The van der Waals surface area contributed by atoms with Crippen molar-refractivity contribution in [3.05, 3.63) is 83.0 Å². The van der Waals surface area contributed by atoms with Crippen LogP contribution in [0.4, 0.5) is 18.9 Å². The summed E-state index contributed by atoms with van der Waals surface area (Å²) < 4.78 is 39.4. The van der Waals surface area contributed by atoms with Gasteiger partial charge in [0.2, 0.25) is 5.91 Å². The highest BCUT2D eigenvalue weighted by molar-refractivity contribution is 6.30. The molecule has 2 aliphatic rings. The molecule has 3 heterocycles. The van der Waals surface area contributed by atoms with Crippen LogP contribution in [0.3, 0.4) is 0 Å². The Morgan fingerprint density at radius 1 is 1.05 bits per heavy atom. The first-order valence-electron chi connectivity index (χ1n) is 11.7. The van der Waals surface area contributed by atoms with Crippen LogP contribution in [0.5, 0.6) is 0 Å². The molecule has 2 atom stereocenters. The van der Waals surface area contributed by atoms with Crippen LogP contribution in [0.15, 0.2) is 76.8 Å². The molecule has 0 spiro atoms. The topological polar surface area (TPSA) is 61.2 Å². The van der Waals surface area contributed by atoms with Gasteiger partial charge in [-0.3, -0.25) is 19.7 Å². The van der Waals surface area contributed by atoms with Crippen LogP contribution in [-0.2, 0) is 11.0 Å². The zero-order valence-corrected chi connectivity index (χ0v) is 20.6. The number of pyridine rings is 1. The van der Waals surface area contributed by atoms with Gasteiger partial charge in [0.15, 0.2) is 0 Å². The number of aliphatic imine (C=N–C) groups is 2. The molecule has 1 saturated heterocycles. The smallest absolute Gasteiger partial charge is 0.310 e. The summed E-state index contributed by atoms with van der Waals surface area (Å²) in [6.45, 7) is 2.99. The average Bonchev–Trinajstić information content (AvgIpc) is 3.31. The molecular weight excluding hydrogens is 503 g/mol. The first-order chi connectivity index (χ1) is 17.7. The molecule has 6 nitrogen and oxygen atoms in total. The Morgan fingerprint density at radius 3 is 2.49 bits per heavy atom. The van der Waals surface area contributed by atoms with E-state index in [9.17, 15) is 18.0 Å². The van der Waals surface area contributed by atoms with Crippen LogP contribution in [0.2, 0.25) is 5.02 Å². The van der Waals surface area contributed by atoms with E-state index >= 15 is 0 Å². The van der Waals surface area contributed by atoms with Gasteiger partial charge in [0.05, 0.1) is 23.8 Å². The minimum atomic E-state index is -4.43. The quantitative estimate of drug-likeness (QED) is 0.430. The third-order valence-corrected chi connectivity index (χ3v) is 6.88. The number of nitrogens with zero attached hydrogens (tertiary/aromatic N) is 5. The lowest BCUT2D eigenvalue weighted by molar-refractivity contribution is -0.137. The molecule has 5 rings (SSSR count). The van der Waals surface area contributed by atoms with Crippen molar-refractivity contribution >= 4 is 35.7 Å². The number of hydrogen-bond acceptors (Lipinski definition) is 5. The summed E-state index contributed by atoms with van der Waals surface area (Å²) in [5.41, 5.74) is 1.02. The van der Waals surface area contributed by atoms with Crippen molar-refractivity contribution in [3.63, 3.8) is 0 Å². The highest BCUT2D eigenvalue weighted by Gasteiger charge is 2.43. The summed E-state index contributed by atoms with van der Waals surface area (Å²) in [6, 6.07) is 15.3. The van der Waals surface area contributed by atoms with Crippen molar-refractivity contribution in [2.45, 2.75) is 24.7 Å². The summed E-state index contributed by atoms with van der Waals surface area (Å²) in [5, 5.41) is 0.547. The van der Waals surface area contributed by atoms with Gasteiger partial charge in [0.25, 0.3) is 0 Å². The number of piperazine rings is 1. The molecule has 0 saturated carbocycles.